The molecule has 4 nitrogen and oxygen atoms in total. The Bertz CT molecular complexity index is 405. The number of nitrogens with zero attached hydrogens (tertiary/aromatic N) is 1. The molecule has 1 saturated heterocycles. The van der Waals surface area contributed by atoms with E-state index in [-0.39, 0.29) is 11.0 Å². The topological polar surface area (TPSA) is 49.4 Å². The van der Waals surface area contributed by atoms with Gasteiger partial charge in [0.2, 0.25) is 0 Å². The van der Waals surface area contributed by atoms with Gasteiger partial charge in [0.15, 0.2) is 9.84 Å². The van der Waals surface area contributed by atoms with Crippen molar-refractivity contribution in [3.05, 3.63) is 0 Å². The van der Waals surface area contributed by atoms with Crippen molar-refractivity contribution in [3.63, 3.8) is 0 Å². The molecule has 0 aromatic rings. The molecule has 0 radical (unpaired) electrons. The van der Waals surface area contributed by atoms with Crippen LogP contribution in [0.5, 0.6) is 0 Å². The van der Waals surface area contributed by atoms with Crippen molar-refractivity contribution in [1.29, 1.82) is 0 Å². The van der Waals surface area contributed by atoms with Crippen LogP contribution in [0.4, 0.5) is 0 Å². The Balaban J connectivity index is 2.70. The fourth-order valence-electron chi connectivity index (χ4n) is 2.86. The van der Waals surface area contributed by atoms with Crippen LogP contribution < -0.4 is 5.32 Å². The van der Waals surface area contributed by atoms with E-state index < -0.39 is 9.84 Å². The lowest BCUT2D eigenvalue weighted by atomic mass is 9.95. The van der Waals surface area contributed by atoms with Crippen molar-refractivity contribution in [1.82, 2.24) is 10.2 Å². The Morgan fingerprint density at radius 3 is 2.24 bits per heavy atom. The summed E-state index contributed by atoms with van der Waals surface area (Å²) in [5, 5.41) is 3.36. The van der Waals surface area contributed by atoms with Crippen molar-refractivity contribution in [2.75, 3.05) is 25.4 Å². The van der Waals surface area contributed by atoms with E-state index in [0.29, 0.717) is 30.5 Å². The van der Waals surface area contributed by atoms with E-state index in [1.807, 2.05) is 0 Å². The second kappa shape index (κ2) is 7.93. The van der Waals surface area contributed by atoms with E-state index in [1.54, 1.807) is 13.8 Å². The summed E-state index contributed by atoms with van der Waals surface area (Å²) in [5.41, 5.74) is 0. The van der Waals surface area contributed by atoms with Crippen LogP contribution in [-0.4, -0.2) is 56.0 Å². The number of nitrogens with one attached hydrogen (secondary N) is 1. The summed E-state index contributed by atoms with van der Waals surface area (Å²) in [7, 11) is -2.95. The number of hydrogen-bond acceptors (Lipinski definition) is 4. The van der Waals surface area contributed by atoms with Gasteiger partial charge in [-0.2, -0.15) is 0 Å². The highest BCUT2D eigenvalue weighted by molar-refractivity contribution is 7.92. The van der Waals surface area contributed by atoms with Crippen molar-refractivity contribution in [2.24, 2.45) is 11.8 Å². The van der Waals surface area contributed by atoms with Crippen LogP contribution in [0.15, 0.2) is 0 Å². The zero-order valence-electron chi connectivity index (χ0n) is 14.6. The quantitative estimate of drug-likeness (QED) is 0.781. The molecule has 1 N–H and O–H groups in total. The third-order valence-electron chi connectivity index (χ3n) is 4.49. The first-order valence-electron chi connectivity index (χ1n) is 8.32. The molecule has 1 rings (SSSR count). The van der Waals surface area contributed by atoms with Gasteiger partial charge in [0, 0.05) is 31.7 Å². The zero-order valence-corrected chi connectivity index (χ0v) is 15.4. The van der Waals surface area contributed by atoms with Gasteiger partial charge < -0.3 is 5.32 Å². The molecule has 0 aromatic carbocycles. The molecule has 0 saturated carbocycles. The van der Waals surface area contributed by atoms with Gasteiger partial charge in [-0.1, -0.05) is 27.7 Å². The van der Waals surface area contributed by atoms with Crippen molar-refractivity contribution in [2.45, 2.75) is 65.3 Å². The van der Waals surface area contributed by atoms with Gasteiger partial charge in [-0.05, 0) is 32.1 Å². The maximum atomic E-state index is 12.1. The molecule has 1 fully saturated rings. The molecule has 1 aliphatic heterocycles. The van der Waals surface area contributed by atoms with Gasteiger partial charge in [0.05, 0.1) is 11.0 Å². The summed E-state index contributed by atoms with van der Waals surface area (Å²) < 4.78 is 24.1. The van der Waals surface area contributed by atoms with Crippen LogP contribution >= 0.6 is 0 Å². The number of hydrogen-bond donors (Lipinski definition) is 1. The average Bonchev–Trinajstić information content (AvgIpc) is 2.36. The molecular formula is C16H34N2O2S. The molecule has 2 unspecified atom stereocenters. The second-order valence-corrected chi connectivity index (χ2v) is 10.1. The van der Waals surface area contributed by atoms with E-state index in [4.69, 9.17) is 0 Å². The third-order valence-corrected chi connectivity index (χ3v) is 6.68. The molecule has 0 aliphatic carbocycles. The molecule has 0 spiro atoms. The van der Waals surface area contributed by atoms with Crippen molar-refractivity contribution in [3.8, 4) is 0 Å². The molecular weight excluding hydrogens is 284 g/mol. The molecule has 2 atom stereocenters. The molecule has 0 aromatic heterocycles. The van der Waals surface area contributed by atoms with Crippen LogP contribution in [0, 0.1) is 11.8 Å². The molecule has 1 heterocycles. The van der Waals surface area contributed by atoms with E-state index in [2.05, 4.69) is 37.9 Å². The molecule has 5 heteroatoms. The molecule has 0 bridgehead atoms. The molecule has 1 aliphatic rings. The van der Waals surface area contributed by atoms with Crippen LogP contribution in [0.2, 0.25) is 0 Å². The highest BCUT2D eigenvalue weighted by atomic mass is 32.2. The third kappa shape index (κ3) is 5.87. The Labute approximate surface area is 131 Å². The van der Waals surface area contributed by atoms with Gasteiger partial charge in [-0.15, -0.1) is 0 Å². The van der Waals surface area contributed by atoms with Crippen LogP contribution in [0.1, 0.15) is 48.0 Å². The minimum Gasteiger partial charge on any atom is -0.311 e. The summed E-state index contributed by atoms with van der Waals surface area (Å²) in [4.78, 5) is 2.40. The van der Waals surface area contributed by atoms with E-state index >= 15 is 0 Å². The summed E-state index contributed by atoms with van der Waals surface area (Å²) >= 11 is 0. The van der Waals surface area contributed by atoms with Crippen LogP contribution in [-0.2, 0) is 9.84 Å². The fraction of sp³-hybridized carbons (Fsp3) is 1.00. The Hall–Kier alpha value is -0.130. The molecule has 0 amide bonds. The van der Waals surface area contributed by atoms with E-state index in [1.165, 1.54) is 0 Å². The summed E-state index contributed by atoms with van der Waals surface area (Å²) in [6, 6.07) is 0.928. The fourth-order valence-corrected chi connectivity index (χ4v) is 3.82. The minimum atomic E-state index is -2.95. The second-order valence-electron chi connectivity index (χ2n) is 7.45. The summed E-state index contributed by atoms with van der Waals surface area (Å²) in [5.74, 6) is 1.50. The largest absolute Gasteiger partial charge is 0.311 e. The SMILES string of the molecule is CC(C)CC1CNC(C(C)C)CN1CCS(=O)(=O)C(C)C. The molecule has 126 valence electrons. The first-order valence-corrected chi connectivity index (χ1v) is 10.0. The number of rotatable bonds is 7. The highest BCUT2D eigenvalue weighted by Crippen LogP contribution is 2.18. The number of piperazine rings is 1. The van der Waals surface area contributed by atoms with Crippen LogP contribution in [0.25, 0.3) is 0 Å². The van der Waals surface area contributed by atoms with Crippen LogP contribution in [0.3, 0.4) is 0 Å². The first kappa shape index (κ1) is 18.9. The standard InChI is InChI=1S/C16H34N2O2S/c1-12(2)9-15-10-17-16(13(3)4)11-18(15)7-8-21(19,20)14(5)6/h12-17H,7-11H2,1-6H3. The normalized spacial score (nSPS) is 25.2. The predicted octanol–water partition coefficient (Wildman–Crippen LogP) is 2.15. The van der Waals surface area contributed by atoms with Gasteiger partial charge >= 0.3 is 0 Å². The van der Waals surface area contributed by atoms with Gasteiger partial charge in [-0.3, -0.25) is 4.90 Å². The highest BCUT2D eigenvalue weighted by Gasteiger charge is 2.30. The first-order chi connectivity index (χ1) is 9.63. The molecule has 21 heavy (non-hydrogen) atoms. The lowest BCUT2D eigenvalue weighted by molar-refractivity contribution is 0.106. The maximum Gasteiger partial charge on any atom is 0.153 e. The lowest BCUT2D eigenvalue weighted by Crippen LogP contribution is -2.59. The van der Waals surface area contributed by atoms with Crippen molar-refractivity contribution < 1.29 is 8.42 Å². The zero-order chi connectivity index (χ0) is 16.2. The number of sulfone groups is 1. The van der Waals surface area contributed by atoms with Gasteiger partial charge in [0.25, 0.3) is 0 Å². The monoisotopic (exact) mass is 318 g/mol. The predicted molar refractivity (Wildman–Crippen MR) is 90.4 cm³/mol. The Kier molecular flexibility index (Phi) is 7.14. The Morgan fingerprint density at radius 2 is 1.76 bits per heavy atom. The van der Waals surface area contributed by atoms with Gasteiger partial charge in [0.1, 0.15) is 0 Å². The summed E-state index contributed by atoms with van der Waals surface area (Å²) in [6.07, 6.45) is 1.12. The lowest BCUT2D eigenvalue weighted by Gasteiger charge is -2.42. The smallest absolute Gasteiger partial charge is 0.153 e. The van der Waals surface area contributed by atoms with E-state index in [0.717, 1.165) is 19.5 Å². The minimum absolute atomic E-state index is 0.273. The Morgan fingerprint density at radius 1 is 1.14 bits per heavy atom. The van der Waals surface area contributed by atoms with Crippen molar-refractivity contribution >= 4 is 9.84 Å². The van der Waals surface area contributed by atoms with Gasteiger partial charge in [-0.25, -0.2) is 8.42 Å². The van der Waals surface area contributed by atoms with E-state index in [9.17, 15) is 8.42 Å². The summed E-state index contributed by atoms with van der Waals surface area (Å²) in [6.45, 7) is 15.1. The average molecular weight is 319 g/mol. The maximum absolute atomic E-state index is 12.1.